The molecule has 0 radical (unpaired) electrons. The first-order valence-corrected chi connectivity index (χ1v) is 16.7. The van der Waals surface area contributed by atoms with Crippen LogP contribution in [-0.4, -0.2) is 77.9 Å². The fourth-order valence-electron chi connectivity index (χ4n) is 5.91. The molecule has 2 aliphatic heterocycles. The highest BCUT2D eigenvalue weighted by molar-refractivity contribution is 5.93. The molecule has 1 N–H and O–H groups in total. The van der Waals surface area contributed by atoms with Crippen LogP contribution >= 0.6 is 0 Å². The van der Waals surface area contributed by atoms with Crippen LogP contribution in [0.5, 0.6) is 11.5 Å². The van der Waals surface area contributed by atoms with E-state index in [0.717, 1.165) is 47.8 Å². The van der Waals surface area contributed by atoms with E-state index in [1.807, 2.05) is 46.2 Å². The average Bonchev–Trinajstić information content (AvgIpc) is 3.08. The van der Waals surface area contributed by atoms with Crippen LogP contribution in [-0.2, 0) is 4.74 Å². The van der Waals surface area contributed by atoms with Crippen LogP contribution in [0.15, 0.2) is 42.7 Å². The molecule has 2 amide bonds. The SMILES string of the molecule is C#Cc1cccc(Nc2ncnc3cc(OCCCCCCCCCC)c(OC4CCN(C(=O)N5CCOCC5)CC4)cc23)c1. The van der Waals surface area contributed by atoms with Gasteiger partial charge in [0.05, 0.1) is 25.3 Å². The summed E-state index contributed by atoms with van der Waals surface area (Å²) in [6.45, 7) is 6.69. The molecule has 2 aliphatic rings. The Hall–Kier alpha value is -4.03. The van der Waals surface area contributed by atoms with Crippen LogP contribution < -0.4 is 14.8 Å². The third-order valence-corrected chi connectivity index (χ3v) is 8.54. The van der Waals surface area contributed by atoms with Gasteiger partial charge in [0.1, 0.15) is 18.2 Å². The Labute approximate surface area is 267 Å². The summed E-state index contributed by atoms with van der Waals surface area (Å²) in [6, 6.07) is 11.7. The van der Waals surface area contributed by atoms with E-state index >= 15 is 0 Å². The number of likely N-dealkylation sites (tertiary alicyclic amines) is 1. The number of hydrogen-bond donors (Lipinski definition) is 1. The van der Waals surface area contributed by atoms with E-state index in [-0.39, 0.29) is 12.1 Å². The Bertz CT molecular complexity index is 1430. The second-order valence-electron chi connectivity index (χ2n) is 11.9. The summed E-state index contributed by atoms with van der Waals surface area (Å²) in [4.78, 5) is 25.9. The number of urea groups is 1. The number of unbranched alkanes of at least 4 members (excludes halogenated alkanes) is 7. The number of morpholine rings is 1. The van der Waals surface area contributed by atoms with Crippen LogP contribution in [0.4, 0.5) is 16.3 Å². The number of amides is 2. The number of rotatable bonds is 14. The molecule has 5 rings (SSSR count). The van der Waals surface area contributed by atoms with Crippen LogP contribution in [0.3, 0.4) is 0 Å². The molecule has 2 fully saturated rings. The van der Waals surface area contributed by atoms with Crippen LogP contribution in [0.25, 0.3) is 10.9 Å². The third-order valence-electron chi connectivity index (χ3n) is 8.54. The molecule has 45 heavy (non-hydrogen) atoms. The van der Waals surface area contributed by atoms with Crippen LogP contribution in [0.1, 0.15) is 76.7 Å². The maximum atomic E-state index is 13.0. The van der Waals surface area contributed by atoms with E-state index in [2.05, 4.69) is 28.1 Å². The maximum Gasteiger partial charge on any atom is 0.320 e. The fraction of sp³-hybridized carbons (Fsp3) is 0.528. The first-order chi connectivity index (χ1) is 22.1. The monoisotopic (exact) mass is 613 g/mol. The summed E-state index contributed by atoms with van der Waals surface area (Å²) in [5.74, 6) is 4.72. The Morgan fingerprint density at radius 2 is 1.69 bits per heavy atom. The van der Waals surface area contributed by atoms with E-state index in [1.165, 1.54) is 38.5 Å². The van der Waals surface area contributed by atoms with Crippen molar-refractivity contribution in [2.45, 2.75) is 77.2 Å². The van der Waals surface area contributed by atoms with Crippen molar-refractivity contribution in [2.75, 3.05) is 51.3 Å². The summed E-state index contributed by atoms with van der Waals surface area (Å²) in [5, 5.41) is 4.24. The van der Waals surface area contributed by atoms with Gasteiger partial charge in [-0.2, -0.15) is 0 Å². The highest BCUT2D eigenvalue weighted by atomic mass is 16.5. The number of nitrogens with one attached hydrogen (secondary N) is 1. The molecular weight excluding hydrogens is 566 g/mol. The lowest BCUT2D eigenvalue weighted by Gasteiger charge is -2.37. The fourth-order valence-corrected chi connectivity index (χ4v) is 5.91. The molecule has 0 saturated carbocycles. The van der Waals surface area contributed by atoms with Gasteiger partial charge in [-0.25, -0.2) is 14.8 Å². The predicted octanol–water partition coefficient (Wildman–Crippen LogP) is 7.17. The molecule has 3 heterocycles. The quantitative estimate of drug-likeness (QED) is 0.152. The number of hydrogen-bond acceptors (Lipinski definition) is 7. The largest absolute Gasteiger partial charge is 0.490 e. The molecule has 0 unspecified atom stereocenters. The summed E-state index contributed by atoms with van der Waals surface area (Å²) in [7, 11) is 0. The smallest absolute Gasteiger partial charge is 0.320 e. The number of ether oxygens (including phenoxy) is 3. The molecule has 2 aromatic carbocycles. The second kappa shape index (κ2) is 16.9. The highest BCUT2D eigenvalue weighted by Crippen LogP contribution is 2.37. The van der Waals surface area contributed by atoms with E-state index in [9.17, 15) is 4.79 Å². The Morgan fingerprint density at radius 1 is 0.956 bits per heavy atom. The van der Waals surface area contributed by atoms with E-state index in [1.54, 1.807) is 6.33 Å². The number of terminal acetylenes is 1. The lowest BCUT2D eigenvalue weighted by Crippen LogP contribution is -2.51. The van der Waals surface area contributed by atoms with E-state index in [0.29, 0.717) is 63.3 Å². The first-order valence-electron chi connectivity index (χ1n) is 16.7. The van der Waals surface area contributed by atoms with Crippen molar-refractivity contribution in [1.82, 2.24) is 19.8 Å². The van der Waals surface area contributed by atoms with Crippen molar-refractivity contribution in [1.29, 1.82) is 0 Å². The molecule has 240 valence electrons. The normalized spacial score (nSPS) is 15.6. The van der Waals surface area contributed by atoms with Gasteiger partial charge in [0.25, 0.3) is 0 Å². The number of piperidine rings is 1. The predicted molar refractivity (Wildman–Crippen MR) is 178 cm³/mol. The van der Waals surface area contributed by atoms with Crippen molar-refractivity contribution in [3.8, 4) is 23.8 Å². The number of benzene rings is 2. The van der Waals surface area contributed by atoms with Crippen molar-refractivity contribution >= 4 is 28.4 Å². The average molecular weight is 614 g/mol. The van der Waals surface area contributed by atoms with Gasteiger partial charge in [-0.15, -0.1) is 6.42 Å². The molecule has 1 aromatic heterocycles. The minimum absolute atomic E-state index is 0.0324. The van der Waals surface area contributed by atoms with Crippen molar-refractivity contribution in [3.63, 3.8) is 0 Å². The zero-order valence-electron chi connectivity index (χ0n) is 26.6. The van der Waals surface area contributed by atoms with Crippen LogP contribution in [0.2, 0.25) is 0 Å². The van der Waals surface area contributed by atoms with Gasteiger partial charge in [0.15, 0.2) is 11.5 Å². The van der Waals surface area contributed by atoms with Gasteiger partial charge in [-0.05, 0) is 30.7 Å². The summed E-state index contributed by atoms with van der Waals surface area (Å²) >= 11 is 0. The molecule has 9 heteroatoms. The zero-order chi connectivity index (χ0) is 31.3. The summed E-state index contributed by atoms with van der Waals surface area (Å²) in [5.41, 5.74) is 2.41. The van der Waals surface area contributed by atoms with Gasteiger partial charge in [-0.1, -0.05) is 63.9 Å². The lowest BCUT2D eigenvalue weighted by atomic mass is 10.1. The number of aromatic nitrogens is 2. The van der Waals surface area contributed by atoms with Gasteiger partial charge in [-0.3, -0.25) is 0 Å². The number of anilines is 2. The van der Waals surface area contributed by atoms with E-state index in [4.69, 9.17) is 20.6 Å². The maximum absolute atomic E-state index is 13.0. The van der Waals surface area contributed by atoms with Crippen LogP contribution in [0, 0.1) is 12.3 Å². The van der Waals surface area contributed by atoms with E-state index < -0.39 is 0 Å². The summed E-state index contributed by atoms with van der Waals surface area (Å²) < 4.78 is 18.4. The standard InChI is InChI=1S/C36H47N5O4/c1-3-5-6-7-8-9-10-11-21-44-33-26-32-31(35(38-27-37-32)39-29-14-12-13-28(4-2)24-29)25-34(33)45-30-15-17-40(18-16-30)36(42)41-19-22-43-23-20-41/h2,12-14,24-27,30H,3,5-11,15-23H2,1H3,(H,37,38,39). The van der Waals surface area contributed by atoms with Gasteiger partial charge < -0.3 is 29.3 Å². The Kier molecular flexibility index (Phi) is 12.1. The molecule has 2 saturated heterocycles. The third kappa shape index (κ3) is 9.24. The van der Waals surface area contributed by atoms with Crippen molar-refractivity contribution in [3.05, 3.63) is 48.3 Å². The Balaban J connectivity index is 1.27. The minimum atomic E-state index is -0.0324. The number of carbonyl (C=O) groups excluding carboxylic acids is 1. The number of carbonyl (C=O) groups is 1. The highest BCUT2D eigenvalue weighted by Gasteiger charge is 2.29. The molecular formula is C36H47N5O4. The van der Waals surface area contributed by atoms with Gasteiger partial charge in [0.2, 0.25) is 0 Å². The topological polar surface area (TPSA) is 89.1 Å². The zero-order valence-corrected chi connectivity index (χ0v) is 26.6. The number of nitrogens with zero attached hydrogens (tertiary/aromatic N) is 4. The molecule has 0 aliphatic carbocycles. The minimum Gasteiger partial charge on any atom is -0.490 e. The second-order valence-corrected chi connectivity index (χ2v) is 11.9. The molecule has 0 spiro atoms. The van der Waals surface area contributed by atoms with Gasteiger partial charge in [0, 0.05) is 61.7 Å². The Morgan fingerprint density at radius 3 is 2.44 bits per heavy atom. The summed E-state index contributed by atoms with van der Waals surface area (Å²) in [6.07, 6.45) is 18.6. The number of fused-ring (bicyclic) bond motifs is 1. The molecule has 9 nitrogen and oxygen atoms in total. The lowest BCUT2D eigenvalue weighted by molar-refractivity contribution is 0.0358. The van der Waals surface area contributed by atoms with Gasteiger partial charge >= 0.3 is 6.03 Å². The van der Waals surface area contributed by atoms with Crippen molar-refractivity contribution in [2.24, 2.45) is 0 Å². The molecule has 0 bridgehead atoms. The molecule has 3 aromatic rings. The van der Waals surface area contributed by atoms with Crippen molar-refractivity contribution < 1.29 is 19.0 Å². The molecule has 0 atom stereocenters. The first kappa shape index (κ1) is 32.4.